The van der Waals surface area contributed by atoms with Gasteiger partial charge in [0.2, 0.25) is 0 Å². The van der Waals surface area contributed by atoms with Crippen LogP contribution < -0.4 is 0 Å². The third-order valence-corrected chi connectivity index (χ3v) is 2.86. The second kappa shape index (κ2) is 5.98. The minimum absolute atomic E-state index is 0.117. The number of benzene rings is 1. The number of hydrogen-bond donors (Lipinski definition) is 2. The highest BCUT2D eigenvalue weighted by molar-refractivity contribution is 5.16. The predicted molar refractivity (Wildman–Crippen MR) is 65.5 cm³/mol. The molecule has 0 saturated carbocycles. The zero-order valence-corrected chi connectivity index (χ0v) is 9.90. The van der Waals surface area contributed by atoms with E-state index in [-0.39, 0.29) is 13.0 Å². The molecule has 18 heavy (non-hydrogen) atoms. The fourth-order valence-electron chi connectivity index (χ4n) is 1.92. The summed E-state index contributed by atoms with van der Waals surface area (Å²) in [5.41, 5.74) is 0.849. The summed E-state index contributed by atoms with van der Waals surface area (Å²) in [4.78, 5) is 0. The molecular formula is C14H16O4. The Morgan fingerprint density at radius 2 is 2.11 bits per heavy atom. The number of terminal acetylenes is 1. The average molecular weight is 248 g/mol. The molecule has 4 heteroatoms. The number of ether oxygens (including phenoxy) is 2. The first-order chi connectivity index (χ1) is 8.72. The van der Waals surface area contributed by atoms with Gasteiger partial charge in [-0.15, -0.1) is 12.3 Å². The third-order valence-electron chi connectivity index (χ3n) is 2.86. The molecule has 0 amide bonds. The molecule has 0 aliphatic carbocycles. The summed E-state index contributed by atoms with van der Waals surface area (Å²) >= 11 is 0. The van der Waals surface area contributed by atoms with E-state index >= 15 is 0 Å². The molecule has 1 aliphatic heterocycles. The quantitative estimate of drug-likeness (QED) is 0.778. The van der Waals surface area contributed by atoms with Gasteiger partial charge in [-0.3, -0.25) is 0 Å². The Morgan fingerprint density at radius 3 is 2.78 bits per heavy atom. The Bertz CT molecular complexity index is 412. The van der Waals surface area contributed by atoms with Crippen LogP contribution in [0.15, 0.2) is 30.3 Å². The smallest absolute Gasteiger partial charge is 0.184 e. The standard InChI is InChI=1S/C14H16O4/c1-2-6-11(15)13-12(16)9-17-14(18-13)10-7-4-3-5-8-10/h1,3-5,7-8,11-16H,6,9H2/t11-,12+,13+,14-/m0/s1. The lowest BCUT2D eigenvalue weighted by Gasteiger charge is -2.36. The minimum Gasteiger partial charge on any atom is -0.389 e. The van der Waals surface area contributed by atoms with E-state index in [0.717, 1.165) is 5.56 Å². The van der Waals surface area contributed by atoms with Crippen molar-refractivity contribution in [3.8, 4) is 12.3 Å². The molecule has 0 spiro atoms. The van der Waals surface area contributed by atoms with Crippen LogP contribution in [-0.4, -0.2) is 35.1 Å². The maximum Gasteiger partial charge on any atom is 0.184 e. The van der Waals surface area contributed by atoms with Crippen LogP contribution in [0, 0.1) is 12.3 Å². The molecule has 1 aromatic carbocycles. The molecule has 96 valence electrons. The molecule has 1 saturated heterocycles. The molecule has 1 fully saturated rings. The molecule has 0 unspecified atom stereocenters. The SMILES string of the molecule is C#CC[C@H](O)[C@H]1O[C@@H](c2ccccc2)OC[C@H]1O. The average Bonchev–Trinajstić information content (AvgIpc) is 2.40. The van der Waals surface area contributed by atoms with Crippen LogP contribution in [0.25, 0.3) is 0 Å². The van der Waals surface area contributed by atoms with E-state index < -0.39 is 24.6 Å². The second-order valence-electron chi connectivity index (χ2n) is 4.22. The number of hydrogen-bond acceptors (Lipinski definition) is 4. The van der Waals surface area contributed by atoms with Crippen molar-refractivity contribution < 1.29 is 19.7 Å². The van der Waals surface area contributed by atoms with Crippen molar-refractivity contribution in [3.05, 3.63) is 35.9 Å². The fraction of sp³-hybridized carbons (Fsp3) is 0.429. The van der Waals surface area contributed by atoms with Crippen molar-refractivity contribution in [2.24, 2.45) is 0 Å². The summed E-state index contributed by atoms with van der Waals surface area (Å²) < 4.78 is 11.0. The van der Waals surface area contributed by atoms with Crippen molar-refractivity contribution in [2.75, 3.05) is 6.61 Å². The van der Waals surface area contributed by atoms with Crippen LogP contribution in [0.4, 0.5) is 0 Å². The molecule has 1 aromatic rings. The molecule has 4 atom stereocenters. The highest BCUT2D eigenvalue weighted by atomic mass is 16.7. The normalized spacial score (nSPS) is 29.5. The van der Waals surface area contributed by atoms with E-state index in [9.17, 15) is 10.2 Å². The summed E-state index contributed by atoms with van der Waals surface area (Å²) in [6, 6.07) is 9.38. The van der Waals surface area contributed by atoms with Gasteiger partial charge in [-0.05, 0) is 0 Å². The van der Waals surface area contributed by atoms with Crippen LogP contribution >= 0.6 is 0 Å². The van der Waals surface area contributed by atoms with E-state index in [0.29, 0.717) is 0 Å². The summed E-state index contributed by atoms with van der Waals surface area (Å²) in [6.07, 6.45) is 2.24. The number of rotatable bonds is 3. The van der Waals surface area contributed by atoms with Gasteiger partial charge in [-0.1, -0.05) is 30.3 Å². The zero-order valence-electron chi connectivity index (χ0n) is 9.90. The van der Waals surface area contributed by atoms with Gasteiger partial charge < -0.3 is 19.7 Å². The highest BCUT2D eigenvalue weighted by Crippen LogP contribution is 2.28. The summed E-state index contributed by atoms with van der Waals surface area (Å²) in [5, 5.41) is 19.6. The van der Waals surface area contributed by atoms with Gasteiger partial charge in [0, 0.05) is 12.0 Å². The molecule has 0 bridgehead atoms. The van der Waals surface area contributed by atoms with Gasteiger partial charge >= 0.3 is 0 Å². The van der Waals surface area contributed by atoms with Crippen LogP contribution in [0.2, 0.25) is 0 Å². The summed E-state index contributed by atoms with van der Waals surface area (Å²) in [7, 11) is 0. The van der Waals surface area contributed by atoms with Gasteiger partial charge in [0.15, 0.2) is 6.29 Å². The first-order valence-electron chi connectivity index (χ1n) is 5.84. The summed E-state index contributed by atoms with van der Waals surface area (Å²) in [5.74, 6) is 2.36. The van der Waals surface area contributed by atoms with Crippen molar-refractivity contribution in [1.82, 2.24) is 0 Å². The Hall–Kier alpha value is -1.38. The largest absolute Gasteiger partial charge is 0.389 e. The van der Waals surface area contributed by atoms with E-state index in [1.165, 1.54) is 0 Å². The van der Waals surface area contributed by atoms with Crippen molar-refractivity contribution in [2.45, 2.75) is 31.0 Å². The van der Waals surface area contributed by atoms with Crippen LogP contribution in [0.1, 0.15) is 18.3 Å². The molecule has 0 radical (unpaired) electrons. The fourth-order valence-corrected chi connectivity index (χ4v) is 1.92. The lowest BCUT2D eigenvalue weighted by atomic mass is 10.0. The van der Waals surface area contributed by atoms with Gasteiger partial charge in [0.1, 0.15) is 12.2 Å². The lowest BCUT2D eigenvalue weighted by Crippen LogP contribution is -2.47. The molecular weight excluding hydrogens is 232 g/mol. The molecule has 1 heterocycles. The van der Waals surface area contributed by atoms with Gasteiger partial charge in [-0.2, -0.15) is 0 Å². The number of aliphatic hydroxyl groups is 2. The predicted octanol–water partition coefficient (Wildman–Crippen LogP) is 0.846. The number of aliphatic hydroxyl groups excluding tert-OH is 2. The van der Waals surface area contributed by atoms with Gasteiger partial charge in [-0.25, -0.2) is 0 Å². The maximum atomic E-state index is 9.83. The first-order valence-corrected chi connectivity index (χ1v) is 5.84. The second-order valence-corrected chi connectivity index (χ2v) is 4.22. The van der Waals surface area contributed by atoms with E-state index in [1.54, 1.807) is 0 Å². The zero-order chi connectivity index (χ0) is 13.0. The molecule has 2 rings (SSSR count). The Labute approximate surface area is 106 Å². The molecule has 2 N–H and O–H groups in total. The Kier molecular flexibility index (Phi) is 4.34. The van der Waals surface area contributed by atoms with Crippen LogP contribution in [-0.2, 0) is 9.47 Å². The van der Waals surface area contributed by atoms with E-state index in [1.807, 2.05) is 30.3 Å². The minimum atomic E-state index is -0.889. The Morgan fingerprint density at radius 1 is 1.39 bits per heavy atom. The molecule has 4 nitrogen and oxygen atoms in total. The van der Waals surface area contributed by atoms with Crippen LogP contribution in [0.3, 0.4) is 0 Å². The van der Waals surface area contributed by atoms with Gasteiger partial charge in [0.25, 0.3) is 0 Å². The van der Waals surface area contributed by atoms with Crippen molar-refractivity contribution in [1.29, 1.82) is 0 Å². The third kappa shape index (κ3) is 2.89. The monoisotopic (exact) mass is 248 g/mol. The van der Waals surface area contributed by atoms with Crippen molar-refractivity contribution >= 4 is 0 Å². The first kappa shape index (κ1) is 13.1. The topological polar surface area (TPSA) is 58.9 Å². The van der Waals surface area contributed by atoms with Crippen LogP contribution in [0.5, 0.6) is 0 Å². The Balaban J connectivity index is 2.07. The van der Waals surface area contributed by atoms with E-state index in [2.05, 4.69) is 5.92 Å². The molecule has 0 aromatic heterocycles. The van der Waals surface area contributed by atoms with Gasteiger partial charge in [0.05, 0.1) is 12.7 Å². The molecule has 1 aliphatic rings. The lowest BCUT2D eigenvalue weighted by molar-refractivity contribution is -0.275. The van der Waals surface area contributed by atoms with Crippen molar-refractivity contribution in [3.63, 3.8) is 0 Å². The maximum absolute atomic E-state index is 9.83. The highest BCUT2D eigenvalue weighted by Gasteiger charge is 2.35. The van der Waals surface area contributed by atoms with E-state index in [4.69, 9.17) is 15.9 Å². The summed E-state index contributed by atoms with van der Waals surface area (Å²) in [6.45, 7) is 0.117.